The Morgan fingerprint density at radius 2 is 1.88 bits per heavy atom. The SMILES string of the molecule is O=C(NCc1ccco1)C1CC1C(=O)N1CCN(c2ncccn2)CC1. The van der Waals surface area contributed by atoms with E-state index in [4.69, 9.17) is 4.42 Å². The van der Waals surface area contributed by atoms with Gasteiger partial charge < -0.3 is 19.5 Å². The number of carbonyl (C=O) groups is 2. The molecule has 1 aliphatic heterocycles. The van der Waals surface area contributed by atoms with Gasteiger partial charge in [0.1, 0.15) is 5.76 Å². The average Bonchev–Trinajstić information content (AvgIpc) is 3.33. The molecular weight excluding hydrogens is 334 g/mol. The summed E-state index contributed by atoms with van der Waals surface area (Å²) in [4.78, 5) is 37.2. The van der Waals surface area contributed by atoms with Crippen LogP contribution >= 0.6 is 0 Å². The lowest BCUT2D eigenvalue weighted by Crippen LogP contribution is -2.50. The quantitative estimate of drug-likeness (QED) is 0.848. The molecule has 1 saturated heterocycles. The molecule has 8 heteroatoms. The maximum atomic E-state index is 12.6. The molecule has 2 fully saturated rings. The van der Waals surface area contributed by atoms with E-state index in [0.29, 0.717) is 50.9 Å². The number of carbonyl (C=O) groups excluding carboxylic acids is 2. The molecule has 2 aromatic heterocycles. The Bertz CT molecular complexity index is 756. The largest absolute Gasteiger partial charge is 0.467 e. The summed E-state index contributed by atoms with van der Waals surface area (Å²) in [6, 6.07) is 5.38. The van der Waals surface area contributed by atoms with Gasteiger partial charge >= 0.3 is 0 Å². The molecule has 3 heterocycles. The minimum atomic E-state index is -0.215. The van der Waals surface area contributed by atoms with Gasteiger partial charge in [-0.05, 0) is 24.6 Å². The number of hydrogen-bond donors (Lipinski definition) is 1. The van der Waals surface area contributed by atoms with Gasteiger partial charge in [-0.3, -0.25) is 9.59 Å². The van der Waals surface area contributed by atoms with Gasteiger partial charge in [0.15, 0.2) is 0 Å². The third-order valence-corrected chi connectivity index (χ3v) is 4.89. The third kappa shape index (κ3) is 3.54. The van der Waals surface area contributed by atoms with Crippen LogP contribution in [0.2, 0.25) is 0 Å². The summed E-state index contributed by atoms with van der Waals surface area (Å²) in [5, 5.41) is 2.84. The van der Waals surface area contributed by atoms with Crippen LogP contribution in [0.3, 0.4) is 0 Å². The maximum absolute atomic E-state index is 12.6. The lowest BCUT2D eigenvalue weighted by atomic mass is 10.2. The van der Waals surface area contributed by atoms with Crippen LogP contribution in [0.15, 0.2) is 41.3 Å². The highest BCUT2D eigenvalue weighted by molar-refractivity contribution is 5.92. The van der Waals surface area contributed by atoms with E-state index >= 15 is 0 Å². The van der Waals surface area contributed by atoms with Crippen molar-refractivity contribution in [2.45, 2.75) is 13.0 Å². The van der Waals surface area contributed by atoms with Crippen molar-refractivity contribution in [3.8, 4) is 0 Å². The van der Waals surface area contributed by atoms with E-state index in [0.717, 1.165) is 0 Å². The summed E-state index contributed by atoms with van der Waals surface area (Å²) < 4.78 is 5.20. The zero-order valence-corrected chi connectivity index (χ0v) is 14.4. The first kappa shape index (κ1) is 16.6. The molecule has 0 spiro atoms. The molecule has 2 aromatic rings. The molecule has 136 valence electrons. The lowest BCUT2D eigenvalue weighted by Gasteiger charge is -2.34. The smallest absolute Gasteiger partial charge is 0.226 e. The first-order valence-corrected chi connectivity index (χ1v) is 8.83. The number of nitrogens with one attached hydrogen (secondary N) is 1. The molecule has 2 unspecified atom stereocenters. The van der Waals surface area contributed by atoms with E-state index in [1.165, 1.54) is 0 Å². The van der Waals surface area contributed by atoms with Gasteiger partial charge in [0.2, 0.25) is 17.8 Å². The Kier molecular flexibility index (Phi) is 4.55. The Hall–Kier alpha value is -2.90. The number of aromatic nitrogens is 2. The number of rotatable bonds is 5. The molecule has 4 rings (SSSR count). The molecule has 0 bridgehead atoms. The first-order valence-electron chi connectivity index (χ1n) is 8.83. The number of furan rings is 1. The van der Waals surface area contributed by atoms with Crippen molar-refractivity contribution in [3.05, 3.63) is 42.6 Å². The molecule has 2 atom stereocenters. The lowest BCUT2D eigenvalue weighted by molar-refractivity contribution is -0.135. The highest BCUT2D eigenvalue weighted by Crippen LogP contribution is 2.40. The van der Waals surface area contributed by atoms with Crippen molar-refractivity contribution >= 4 is 17.8 Å². The summed E-state index contributed by atoms with van der Waals surface area (Å²) >= 11 is 0. The molecule has 1 N–H and O–H groups in total. The highest BCUT2D eigenvalue weighted by atomic mass is 16.3. The van der Waals surface area contributed by atoms with Gasteiger partial charge in [0, 0.05) is 38.6 Å². The van der Waals surface area contributed by atoms with E-state index in [9.17, 15) is 9.59 Å². The molecule has 1 aliphatic carbocycles. The van der Waals surface area contributed by atoms with Crippen LogP contribution in [0.4, 0.5) is 5.95 Å². The van der Waals surface area contributed by atoms with Crippen LogP contribution in [-0.4, -0.2) is 52.9 Å². The Morgan fingerprint density at radius 1 is 1.12 bits per heavy atom. The number of amides is 2. The molecule has 26 heavy (non-hydrogen) atoms. The van der Waals surface area contributed by atoms with Crippen molar-refractivity contribution in [2.24, 2.45) is 11.8 Å². The standard InChI is InChI=1S/C18H21N5O3/c24-16(21-12-13-3-1-10-26-13)14-11-15(14)17(25)22-6-8-23(9-7-22)18-19-4-2-5-20-18/h1-5,10,14-15H,6-9,11-12H2,(H,21,24). The fraction of sp³-hybridized carbons (Fsp3) is 0.444. The van der Waals surface area contributed by atoms with Gasteiger partial charge in [-0.25, -0.2) is 9.97 Å². The van der Waals surface area contributed by atoms with Gasteiger partial charge in [-0.2, -0.15) is 0 Å². The number of anilines is 1. The predicted octanol–water partition coefficient (Wildman–Crippen LogP) is 0.671. The van der Waals surface area contributed by atoms with Crippen molar-refractivity contribution in [1.82, 2.24) is 20.2 Å². The second-order valence-corrected chi connectivity index (χ2v) is 6.61. The van der Waals surface area contributed by atoms with E-state index in [1.807, 2.05) is 11.0 Å². The zero-order valence-electron chi connectivity index (χ0n) is 14.4. The second-order valence-electron chi connectivity index (χ2n) is 6.61. The summed E-state index contributed by atoms with van der Waals surface area (Å²) in [6.45, 7) is 3.04. The molecule has 1 saturated carbocycles. The second kappa shape index (κ2) is 7.15. The van der Waals surface area contributed by atoms with Crippen molar-refractivity contribution in [3.63, 3.8) is 0 Å². The molecule has 2 aliphatic rings. The minimum Gasteiger partial charge on any atom is -0.467 e. The van der Waals surface area contributed by atoms with Crippen LogP contribution < -0.4 is 10.2 Å². The summed E-state index contributed by atoms with van der Waals surface area (Å²) in [5.41, 5.74) is 0. The minimum absolute atomic E-state index is 0.0731. The molecule has 2 amide bonds. The highest BCUT2D eigenvalue weighted by Gasteiger charge is 2.49. The van der Waals surface area contributed by atoms with Gasteiger partial charge in [-0.15, -0.1) is 0 Å². The molecular formula is C18H21N5O3. The van der Waals surface area contributed by atoms with Crippen molar-refractivity contribution in [1.29, 1.82) is 0 Å². The third-order valence-electron chi connectivity index (χ3n) is 4.89. The monoisotopic (exact) mass is 355 g/mol. The maximum Gasteiger partial charge on any atom is 0.226 e. The van der Waals surface area contributed by atoms with E-state index in [1.54, 1.807) is 30.8 Å². The zero-order chi connectivity index (χ0) is 17.9. The van der Waals surface area contributed by atoms with Crippen LogP contribution in [-0.2, 0) is 16.1 Å². The number of hydrogen-bond acceptors (Lipinski definition) is 6. The van der Waals surface area contributed by atoms with Crippen LogP contribution in [0.25, 0.3) is 0 Å². The summed E-state index contributed by atoms with van der Waals surface area (Å²) in [7, 11) is 0. The first-order chi connectivity index (χ1) is 12.7. The van der Waals surface area contributed by atoms with Gasteiger partial charge in [-0.1, -0.05) is 0 Å². The van der Waals surface area contributed by atoms with Crippen LogP contribution in [0.1, 0.15) is 12.2 Å². The number of piperazine rings is 1. The Labute approximate surface area is 151 Å². The van der Waals surface area contributed by atoms with Crippen molar-refractivity contribution < 1.29 is 14.0 Å². The van der Waals surface area contributed by atoms with Gasteiger partial charge in [0.25, 0.3) is 0 Å². The topological polar surface area (TPSA) is 91.6 Å². The number of nitrogens with zero attached hydrogens (tertiary/aromatic N) is 4. The summed E-state index contributed by atoms with van der Waals surface area (Å²) in [5.74, 6) is 1.01. The van der Waals surface area contributed by atoms with E-state index in [-0.39, 0.29) is 23.7 Å². The van der Waals surface area contributed by atoms with Crippen LogP contribution in [0.5, 0.6) is 0 Å². The predicted molar refractivity (Wildman–Crippen MR) is 93.0 cm³/mol. The van der Waals surface area contributed by atoms with Gasteiger partial charge in [0.05, 0.1) is 24.6 Å². The Morgan fingerprint density at radius 3 is 2.58 bits per heavy atom. The normalized spacial score (nSPS) is 22.2. The average molecular weight is 355 g/mol. The molecule has 0 aromatic carbocycles. The fourth-order valence-corrected chi connectivity index (χ4v) is 3.29. The molecule has 0 radical (unpaired) electrons. The summed E-state index contributed by atoms with van der Waals surface area (Å²) in [6.07, 6.45) is 5.64. The molecule has 8 nitrogen and oxygen atoms in total. The van der Waals surface area contributed by atoms with E-state index < -0.39 is 0 Å². The fourth-order valence-electron chi connectivity index (χ4n) is 3.29. The Balaban J connectivity index is 1.24. The van der Waals surface area contributed by atoms with Crippen molar-refractivity contribution in [2.75, 3.05) is 31.1 Å². The van der Waals surface area contributed by atoms with E-state index in [2.05, 4.69) is 20.2 Å². The van der Waals surface area contributed by atoms with Crippen LogP contribution in [0, 0.1) is 11.8 Å².